The zero-order chi connectivity index (χ0) is 21.5. The van der Waals surface area contributed by atoms with Crippen molar-refractivity contribution in [2.75, 3.05) is 10.6 Å². The van der Waals surface area contributed by atoms with Crippen LogP contribution < -0.4 is 10.6 Å². The Morgan fingerprint density at radius 3 is 2.67 bits per heavy atom. The molecule has 0 spiro atoms. The number of carbonyl (C=O) groups is 1. The SMILES string of the molecule is N#Cc1ccc(NC(=O)c2nn3c(c2Br)N[C@H](c2cccs2)C[C@H]3C(F)(F)F)cc1. The summed E-state index contributed by atoms with van der Waals surface area (Å²) >= 11 is 4.61. The van der Waals surface area contributed by atoms with Gasteiger partial charge in [-0.15, -0.1) is 11.3 Å². The largest absolute Gasteiger partial charge is 0.410 e. The number of carbonyl (C=O) groups excluding carboxylic acids is 1. The predicted octanol–water partition coefficient (Wildman–Crippen LogP) is 5.49. The van der Waals surface area contributed by atoms with Gasteiger partial charge in [-0.1, -0.05) is 6.07 Å². The van der Waals surface area contributed by atoms with E-state index in [0.717, 1.165) is 9.56 Å². The van der Waals surface area contributed by atoms with Crippen molar-refractivity contribution in [2.45, 2.75) is 24.7 Å². The summed E-state index contributed by atoms with van der Waals surface area (Å²) in [6.45, 7) is 0. The number of anilines is 2. The zero-order valence-electron chi connectivity index (χ0n) is 15.1. The monoisotopic (exact) mass is 495 g/mol. The molecule has 1 aromatic carbocycles. The molecule has 1 aliphatic heterocycles. The molecule has 0 aliphatic carbocycles. The number of thiophene rings is 1. The molecule has 3 aromatic rings. The van der Waals surface area contributed by atoms with Gasteiger partial charge in [0.05, 0.1) is 22.1 Å². The maximum absolute atomic E-state index is 13.8. The van der Waals surface area contributed by atoms with Gasteiger partial charge in [0.15, 0.2) is 11.7 Å². The Bertz CT molecular complexity index is 1120. The van der Waals surface area contributed by atoms with Crippen LogP contribution in [0.2, 0.25) is 0 Å². The van der Waals surface area contributed by atoms with Crippen molar-refractivity contribution in [3.05, 3.63) is 62.4 Å². The fourth-order valence-corrected chi connectivity index (χ4v) is 4.58. The van der Waals surface area contributed by atoms with Gasteiger partial charge in [-0.3, -0.25) is 4.79 Å². The molecule has 2 aromatic heterocycles. The van der Waals surface area contributed by atoms with E-state index in [9.17, 15) is 18.0 Å². The number of amides is 1. The highest BCUT2D eigenvalue weighted by atomic mass is 79.9. The van der Waals surface area contributed by atoms with Crippen LogP contribution in [-0.2, 0) is 0 Å². The van der Waals surface area contributed by atoms with Gasteiger partial charge in [0.1, 0.15) is 5.82 Å². The lowest BCUT2D eigenvalue weighted by Crippen LogP contribution is -2.35. The molecule has 0 saturated carbocycles. The molecule has 1 amide bonds. The van der Waals surface area contributed by atoms with Gasteiger partial charge in [0.2, 0.25) is 0 Å². The van der Waals surface area contributed by atoms with E-state index in [2.05, 4.69) is 31.7 Å². The van der Waals surface area contributed by atoms with Crippen molar-refractivity contribution in [1.82, 2.24) is 9.78 Å². The number of rotatable bonds is 3. The number of nitrogens with one attached hydrogen (secondary N) is 2. The number of hydrogen-bond acceptors (Lipinski definition) is 5. The van der Waals surface area contributed by atoms with Gasteiger partial charge in [-0.05, 0) is 51.6 Å². The van der Waals surface area contributed by atoms with E-state index in [1.165, 1.54) is 35.6 Å². The number of nitriles is 1. The quantitative estimate of drug-likeness (QED) is 0.503. The molecule has 30 heavy (non-hydrogen) atoms. The van der Waals surface area contributed by atoms with E-state index in [1.807, 2.05) is 6.07 Å². The Morgan fingerprint density at radius 2 is 2.07 bits per heavy atom. The Hall–Kier alpha value is -2.84. The van der Waals surface area contributed by atoms with Crippen LogP contribution in [-0.4, -0.2) is 21.9 Å². The molecule has 3 heterocycles. The number of alkyl halides is 3. The van der Waals surface area contributed by atoms with Crippen LogP contribution in [0.15, 0.2) is 46.3 Å². The molecule has 6 nitrogen and oxygen atoms in total. The highest BCUT2D eigenvalue weighted by molar-refractivity contribution is 9.10. The molecule has 11 heteroatoms. The minimum atomic E-state index is -4.53. The van der Waals surface area contributed by atoms with Crippen LogP contribution in [0.1, 0.15) is 39.4 Å². The number of fused-ring (bicyclic) bond motifs is 1. The predicted molar refractivity (Wildman–Crippen MR) is 109 cm³/mol. The van der Waals surface area contributed by atoms with E-state index >= 15 is 0 Å². The first kappa shape index (κ1) is 20.4. The van der Waals surface area contributed by atoms with Gasteiger partial charge in [-0.2, -0.15) is 23.5 Å². The van der Waals surface area contributed by atoms with Gasteiger partial charge in [0, 0.05) is 17.0 Å². The van der Waals surface area contributed by atoms with E-state index in [1.54, 1.807) is 17.5 Å². The molecule has 0 unspecified atom stereocenters. The average Bonchev–Trinajstić information content (AvgIpc) is 3.36. The molecule has 154 valence electrons. The smallest absolute Gasteiger partial charge is 0.362 e. The number of benzene rings is 1. The van der Waals surface area contributed by atoms with Crippen molar-refractivity contribution in [3.8, 4) is 6.07 Å². The number of aromatic nitrogens is 2. The molecule has 0 bridgehead atoms. The van der Waals surface area contributed by atoms with Gasteiger partial charge in [-0.25, -0.2) is 4.68 Å². The summed E-state index contributed by atoms with van der Waals surface area (Å²) in [4.78, 5) is 13.5. The third-order valence-corrected chi connectivity index (χ3v) is 6.41. The number of halogens is 4. The van der Waals surface area contributed by atoms with E-state index < -0.39 is 24.2 Å². The van der Waals surface area contributed by atoms with Crippen LogP contribution in [0.25, 0.3) is 0 Å². The molecule has 2 atom stereocenters. The average molecular weight is 496 g/mol. The molecule has 2 N–H and O–H groups in total. The molecular weight excluding hydrogens is 483 g/mol. The van der Waals surface area contributed by atoms with Crippen LogP contribution >= 0.6 is 27.3 Å². The summed E-state index contributed by atoms with van der Waals surface area (Å²) in [5.41, 5.74) is 0.653. The Balaban J connectivity index is 1.67. The fourth-order valence-electron chi connectivity index (χ4n) is 3.23. The molecule has 1 aliphatic rings. The third kappa shape index (κ3) is 3.80. The van der Waals surface area contributed by atoms with Crippen molar-refractivity contribution >= 4 is 44.7 Å². The summed E-state index contributed by atoms with van der Waals surface area (Å²) in [7, 11) is 0. The second kappa shape index (κ2) is 7.77. The van der Waals surface area contributed by atoms with E-state index in [-0.39, 0.29) is 22.4 Å². The normalized spacial score (nSPS) is 18.2. The third-order valence-electron chi connectivity index (χ3n) is 4.67. The van der Waals surface area contributed by atoms with E-state index in [0.29, 0.717) is 11.3 Å². The highest BCUT2D eigenvalue weighted by Gasteiger charge is 2.48. The van der Waals surface area contributed by atoms with Crippen molar-refractivity contribution in [1.29, 1.82) is 5.26 Å². The molecule has 4 rings (SSSR count). The second-order valence-corrected chi connectivity index (χ2v) is 8.38. The molecule has 0 fully saturated rings. The highest BCUT2D eigenvalue weighted by Crippen LogP contribution is 2.46. The van der Waals surface area contributed by atoms with E-state index in [4.69, 9.17) is 5.26 Å². The fraction of sp³-hybridized carbons (Fsp3) is 0.211. The lowest BCUT2D eigenvalue weighted by atomic mass is 10.0. The van der Waals surface area contributed by atoms with Crippen LogP contribution in [0.3, 0.4) is 0 Å². The Kier molecular flexibility index (Phi) is 5.29. The number of hydrogen-bond donors (Lipinski definition) is 2. The summed E-state index contributed by atoms with van der Waals surface area (Å²) in [5, 5.41) is 20.3. The maximum Gasteiger partial charge on any atom is 0.410 e. The number of nitrogens with zero attached hydrogens (tertiary/aromatic N) is 3. The summed E-state index contributed by atoms with van der Waals surface area (Å²) in [6.07, 6.45) is -4.76. The standard InChI is InChI=1S/C19H13BrF3N5OS/c20-15-16(18(29)25-11-5-3-10(9-24)4-6-11)27-28-14(19(21,22)23)8-12(26-17(15)28)13-2-1-7-30-13/h1-7,12,14,26H,8H2,(H,25,29)/t12-,14-/m0/s1. The lowest BCUT2D eigenvalue weighted by Gasteiger charge is -2.33. The Morgan fingerprint density at radius 1 is 1.33 bits per heavy atom. The minimum Gasteiger partial charge on any atom is -0.362 e. The molecule has 0 saturated heterocycles. The van der Waals surface area contributed by atoms with Crippen molar-refractivity contribution in [2.24, 2.45) is 0 Å². The molecular formula is C19H13BrF3N5OS. The first-order valence-electron chi connectivity index (χ1n) is 8.74. The lowest BCUT2D eigenvalue weighted by molar-refractivity contribution is -0.173. The minimum absolute atomic E-state index is 0.104. The Labute approximate surface area is 181 Å². The summed E-state index contributed by atoms with van der Waals surface area (Å²) in [6, 6.07) is 9.21. The van der Waals surface area contributed by atoms with Gasteiger partial charge in [0.25, 0.3) is 5.91 Å². The maximum atomic E-state index is 13.8. The summed E-state index contributed by atoms with van der Waals surface area (Å²) in [5.74, 6) is -0.559. The van der Waals surface area contributed by atoms with Crippen LogP contribution in [0, 0.1) is 11.3 Å². The first-order valence-corrected chi connectivity index (χ1v) is 10.4. The first-order chi connectivity index (χ1) is 14.3. The molecule has 0 radical (unpaired) electrons. The van der Waals surface area contributed by atoms with Crippen LogP contribution in [0.4, 0.5) is 24.7 Å². The van der Waals surface area contributed by atoms with Crippen LogP contribution in [0.5, 0.6) is 0 Å². The van der Waals surface area contributed by atoms with Crippen molar-refractivity contribution in [3.63, 3.8) is 0 Å². The summed E-state index contributed by atoms with van der Waals surface area (Å²) < 4.78 is 42.3. The van der Waals surface area contributed by atoms with Gasteiger partial charge >= 0.3 is 6.18 Å². The zero-order valence-corrected chi connectivity index (χ0v) is 17.5. The second-order valence-electron chi connectivity index (χ2n) is 6.60. The van der Waals surface area contributed by atoms with Crippen molar-refractivity contribution < 1.29 is 18.0 Å². The van der Waals surface area contributed by atoms with Gasteiger partial charge < -0.3 is 10.6 Å². The topological polar surface area (TPSA) is 82.7 Å².